The van der Waals surface area contributed by atoms with Gasteiger partial charge in [-0.15, -0.1) is 0 Å². The van der Waals surface area contributed by atoms with Crippen molar-refractivity contribution in [1.29, 1.82) is 0 Å². The van der Waals surface area contributed by atoms with E-state index in [9.17, 15) is 27.0 Å². The Morgan fingerprint density at radius 1 is 0.638 bits per heavy atom. The number of hydrogen-bond acceptors (Lipinski definition) is 15. The molecule has 19 nitrogen and oxygen atoms in total. The van der Waals surface area contributed by atoms with E-state index < -0.39 is 99.3 Å². The number of hydrazine groups is 1. The van der Waals surface area contributed by atoms with Gasteiger partial charge in [0, 0.05) is 51.4 Å². The molecule has 0 radical (unpaired) electrons. The first-order valence-electron chi connectivity index (χ1n) is 27.8. The first kappa shape index (κ1) is 42.6. The normalized spacial score (nSPS) is 16.6. The second kappa shape index (κ2) is 31.8. The standard InChI is InChI=1S/C50H76N6O13/c1-49(2,3)43(53-47(60)68-32-30-66-28-26-64-24-22-62-7)45(58)52-41(34-37-14-10-9-11-15-37)42(57)36-56(35-38-17-19-39(20-18-38)40-16-12-13-21-51-40)55-46(59)44(50(4,5)6)54-48(61)69-33-31-67-29-27-65-25-23-63-8/h9-21,41-44,57H,22-36H2,1-8H3,(H,52,58)(H,53,60)(H,54,61)(H,55,59)/t41-,42-,43+,44+/m0/s1/i1D3,2D3,3D3,35D2. The Morgan fingerprint density at radius 2 is 1.14 bits per heavy atom. The monoisotopic (exact) mass is 980 g/mol. The third kappa shape index (κ3) is 23.7. The van der Waals surface area contributed by atoms with E-state index in [0.717, 1.165) is 0 Å². The molecule has 384 valence electrons. The molecule has 0 aliphatic carbocycles. The number of nitrogens with zero attached hydrogens (tertiary/aromatic N) is 2. The molecule has 2 aromatic carbocycles. The number of ether oxygens (including phenoxy) is 8. The minimum atomic E-state index is -4.06. The van der Waals surface area contributed by atoms with E-state index in [0.29, 0.717) is 41.7 Å². The number of hydrogen-bond donors (Lipinski definition) is 5. The number of nitrogens with one attached hydrogen (secondary N) is 4. The van der Waals surface area contributed by atoms with Crippen molar-refractivity contribution in [2.75, 3.05) is 100 Å². The molecule has 1 aromatic heterocycles. The third-order valence-electron chi connectivity index (χ3n) is 9.69. The summed E-state index contributed by atoms with van der Waals surface area (Å²) in [6.45, 7) is -10.1. The number of amides is 4. The summed E-state index contributed by atoms with van der Waals surface area (Å²) in [5, 5.41) is 19.8. The van der Waals surface area contributed by atoms with Gasteiger partial charge in [-0.3, -0.25) is 20.0 Å². The summed E-state index contributed by atoms with van der Waals surface area (Å²) < 4.78 is 137. The van der Waals surface area contributed by atoms with Crippen molar-refractivity contribution < 1.29 is 77.3 Å². The number of carbonyl (C=O) groups excluding carboxylic acids is 4. The number of methoxy groups -OCH3 is 2. The summed E-state index contributed by atoms with van der Waals surface area (Å²) in [5.74, 6) is -2.72. The third-order valence-corrected chi connectivity index (χ3v) is 9.69. The van der Waals surface area contributed by atoms with Gasteiger partial charge in [-0.05, 0) is 40.5 Å². The van der Waals surface area contributed by atoms with Crippen LogP contribution in [0.4, 0.5) is 9.59 Å². The van der Waals surface area contributed by atoms with Crippen molar-refractivity contribution in [3.05, 3.63) is 90.1 Å². The Morgan fingerprint density at radius 3 is 1.64 bits per heavy atom. The minimum Gasteiger partial charge on any atom is -0.447 e. The van der Waals surface area contributed by atoms with Crippen LogP contribution in [-0.2, 0) is 60.4 Å². The summed E-state index contributed by atoms with van der Waals surface area (Å²) in [4.78, 5) is 60.4. The van der Waals surface area contributed by atoms with Gasteiger partial charge in [0.15, 0.2) is 0 Å². The summed E-state index contributed by atoms with van der Waals surface area (Å²) in [6.07, 6.45) is -3.50. The van der Waals surface area contributed by atoms with Crippen molar-refractivity contribution in [2.24, 2.45) is 10.8 Å². The molecule has 4 amide bonds. The molecular weight excluding hydrogens is 893 g/mol. The van der Waals surface area contributed by atoms with E-state index in [4.69, 9.17) is 50.2 Å². The molecule has 0 aliphatic heterocycles. The van der Waals surface area contributed by atoms with Gasteiger partial charge < -0.3 is 59.0 Å². The van der Waals surface area contributed by atoms with Gasteiger partial charge in [-0.1, -0.05) is 102 Å². The molecule has 69 heavy (non-hydrogen) atoms. The molecular formula is C50H76N6O13. The fourth-order valence-corrected chi connectivity index (χ4v) is 6.13. The van der Waals surface area contributed by atoms with Crippen LogP contribution in [0.25, 0.3) is 11.3 Å². The number of aliphatic hydroxyl groups excluding tert-OH is 1. The lowest BCUT2D eigenvalue weighted by Gasteiger charge is -2.36. The SMILES string of the molecule is [2H]C([2H])(c1ccc(-c2ccccn2)cc1)N(C[C@H](O)[C@H](Cc1ccccc1)NC(=O)[C@@H](NC(=O)OCCOCCOCCOC)C(C([2H])([2H])[2H])(C([2H])([2H])[2H])C([2H])([2H])[2H])NC(=O)[C@@H](NC(=O)OCCOCCOCCOC)C(C)(C)C. The molecule has 3 rings (SSSR count). The summed E-state index contributed by atoms with van der Waals surface area (Å²) in [6, 6.07) is 13.0. The second-order valence-electron chi connectivity index (χ2n) is 16.4. The van der Waals surface area contributed by atoms with Gasteiger partial charge in [0.25, 0.3) is 5.91 Å². The molecule has 0 saturated carbocycles. The lowest BCUT2D eigenvalue weighted by atomic mass is 9.85. The van der Waals surface area contributed by atoms with Crippen LogP contribution in [0.3, 0.4) is 0 Å². The van der Waals surface area contributed by atoms with Crippen LogP contribution in [0.1, 0.15) is 67.5 Å². The van der Waals surface area contributed by atoms with E-state index in [1.807, 2.05) is 5.32 Å². The van der Waals surface area contributed by atoms with Gasteiger partial charge in [-0.25, -0.2) is 14.6 Å². The Bertz CT molecular complexity index is 2280. The number of aromatic nitrogens is 1. The molecule has 0 saturated heterocycles. The maximum atomic E-state index is 14.9. The molecule has 3 aromatic rings. The van der Waals surface area contributed by atoms with Crippen molar-refractivity contribution in [3.8, 4) is 11.3 Å². The number of benzene rings is 2. The predicted molar refractivity (Wildman–Crippen MR) is 259 cm³/mol. The number of rotatable bonds is 32. The fourth-order valence-electron chi connectivity index (χ4n) is 6.13. The Labute approximate surface area is 423 Å². The zero-order valence-electron chi connectivity index (χ0n) is 51.0. The zero-order chi connectivity index (χ0) is 59.8. The smallest absolute Gasteiger partial charge is 0.407 e. The molecule has 1 heterocycles. The summed E-state index contributed by atoms with van der Waals surface area (Å²) in [5.41, 5.74) is -1.21. The van der Waals surface area contributed by atoms with Crippen LogP contribution in [0.15, 0.2) is 79.0 Å². The number of alkyl carbamates (subject to hydrolysis) is 2. The van der Waals surface area contributed by atoms with Crippen LogP contribution in [0, 0.1) is 10.8 Å². The first-order valence-corrected chi connectivity index (χ1v) is 22.3. The highest BCUT2D eigenvalue weighted by Crippen LogP contribution is 2.23. The molecule has 0 spiro atoms. The maximum absolute atomic E-state index is 14.9. The highest BCUT2D eigenvalue weighted by molar-refractivity contribution is 5.87. The average molecular weight is 980 g/mol. The average Bonchev–Trinajstić information content (AvgIpc) is 3.52. The Kier molecular flexibility index (Phi) is 19.6. The van der Waals surface area contributed by atoms with Crippen LogP contribution in [0.5, 0.6) is 0 Å². The predicted octanol–water partition coefficient (Wildman–Crippen LogP) is 4.31. The Balaban J connectivity index is 2.10. The summed E-state index contributed by atoms with van der Waals surface area (Å²) in [7, 11) is 3.03. The molecule has 0 fully saturated rings. The van der Waals surface area contributed by atoms with E-state index in [1.165, 1.54) is 26.4 Å². The largest absolute Gasteiger partial charge is 0.447 e. The number of carbonyl (C=O) groups is 4. The molecule has 0 unspecified atom stereocenters. The lowest BCUT2D eigenvalue weighted by Crippen LogP contribution is -2.61. The topological polar surface area (TPSA) is 227 Å². The quantitative estimate of drug-likeness (QED) is 0.0434. The van der Waals surface area contributed by atoms with Crippen molar-refractivity contribution in [2.45, 2.75) is 78.5 Å². The van der Waals surface area contributed by atoms with Gasteiger partial charge in [0.2, 0.25) is 5.91 Å². The zero-order valence-corrected chi connectivity index (χ0v) is 40.0. The van der Waals surface area contributed by atoms with E-state index in [2.05, 4.69) is 21.0 Å². The van der Waals surface area contributed by atoms with Crippen molar-refractivity contribution >= 4 is 24.0 Å². The fraction of sp³-hybridized carbons (Fsp3) is 0.580. The van der Waals surface area contributed by atoms with E-state index in [-0.39, 0.29) is 64.8 Å². The van der Waals surface area contributed by atoms with Crippen LogP contribution >= 0.6 is 0 Å². The highest BCUT2D eigenvalue weighted by Gasteiger charge is 2.37. The number of aliphatic hydroxyl groups is 1. The molecule has 0 aliphatic rings. The van der Waals surface area contributed by atoms with Gasteiger partial charge in [0.05, 0.1) is 86.7 Å². The van der Waals surface area contributed by atoms with Crippen LogP contribution < -0.4 is 21.4 Å². The highest BCUT2D eigenvalue weighted by atomic mass is 16.6. The Hall–Kier alpha value is -5.25. The summed E-state index contributed by atoms with van der Waals surface area (Å²) >= 11 is 0. The molecule has 19 heteroatoms. The van der Waals surface area contributed by atoms with Gasteiger partial charge in [-0.2, -0.15) is 0 Å². The molecule has 4 atom stereocenters. The van der Waals surface area contributed by atoms with Crippen molar-refractivity contribution in [3.63, 3.8) is 0 Å². The minimum absolute atomic E-state index is 0.0217. The first-order chi connectivity index (χ1) is 37.5. The molecule has 5 N–H and O–H groups in total. The van der Waals surface area contributed by atoms with Gasteiger partial charge >= 0.3 is 12.2 Å². The van der Waals surface area contributed by atoms with Gasteiger partial charge in [0.1, 0.15) is 25.3 Å². The van der Waals surface area contributed by atoms with Crippen LogP contribution in [0.2, 0.25) is 0 Å². The van der Waals surface area contributed by atoms with Crippen molar-refractivity contribution in [1.82, 2.24) is 31.4 Å². The van der Waals surface area contributed by atoms with Crippen LogP contribution in [-0.4, -0.2) is 163 Å². The number of pyridine rings is 1. The maximum Gasteiger partial charge on any atom is 0.407 e. The van der Waals surface area contributed by atoms with E-state index >= 15 is 0 Å². The lowest BCUT2D eigenvalue weighted by molar-refractivity contribution is -0.132. The van der Waals surface area contributed by atoms with E-state index in [1.54, 1.807) is 87.6 Å². The second-order valence-corrected chi connectivity index (χ2v) is 16.4. The molecule has 0 bridgehead atoms.